The number of rotatable bonds is 5. The van der Waals surface area contributed by atoms with E-state index in [2.05, 4.69) is 27.2 Å². The maximum atomic E-state index is 5.86. The van der Waals surface area contributed by atoms with Gasteiger partial charge in [0.15, 0.2) is 5.96 Å². The molecular weight excluding hydrogens is 238 g/mol. The SMILES string of the molecule is CN1CCC(CN=C(N)NCCc2ccccn2)C1. The van der Waals surface area contributed by atoms with Gasteiger partial charge in [0.2, 0.25) is 0 Å². The minimum atomic E-state index is 0.547. The number of nitrogens with zero attached hydrogens (tertiary/aromatic N) is 3. The first kappa shape index (κ1) is 13.8. The van der Waals surface area contributed by atoms with Crippen molar-refractivity contribution in [1.82, 2.24) is 15.2 Å². The molecule has 2 rings (SSSR count). The van der Waals surface area contributed by atoms with Crippen LogP contribution in [0.3, 0.4) is 0 Å². The van der Waals surface area contributed by atoms with Gasteiger partial charge in [-0.05, 0) is 38.1 Å². The summed E-state index contributed by atoms with van der Waals surface area (Å²) in [5.41, 5.74) is 6.93. The van der Waals surface area contributed by atoms with Gasteiger partial charge in [-0.2, -0.15) is 0 Å². The number of nitrogens with two attached hydrogens (primary N) is 1. The molecule has 0 saturated carbocycles. The van der Waals surface area contributed by atoms with Crippen LogP contribution in [0.4, 0.5) is 0 Å². The van der Waals surface area contributed by atoms with E-state index in [0.29, 0.717) is 11.9 Å². The van der Waals surface area contributed by atoms with Gasteiger partial charge in [0.25, 0.3) is 0 Å². The fourth-order valence-corrected chi connectivity index (χ4v) is 2.32. The Morgan fingerprint density at radius 2 is 2.47 bits per heavy atom. The van der Waals surface area contributed by atoms with E-state index in [1.165, 1.54) is 13.0 Å². The zero-order chi connectivity index (χ0) is 13.5. The van der Waals surface area contributed by atoms with E-state index >= 15 is 0 Å². The average Bonchev–Trinajstić information content (AvgIpc) is 2.83. The third-order valence-corrected chi connectivity index (χ3v) is 3.42. The lowest BCUT2D eigenvalue weighted by atomic mass is 10.1. The molecule has 0 spiro atoms. The fraction of sp³-hybridized carbons (Fsp3) is 0.571. The Labute approximate surface area is 114 Å². The highest BCUT2D eigenvalue weighted by atomic mass is 15.1. The van der Waals surface area contributed by atoms with Crippen molar-refractivity contribution in [2.24, 2.45) is 16.6 Å². The molecule has 104 valence electrons. The van der Waals surface area contributed by atoms with E-state index < -0.39 is 0 Å². The number of aromatic nitrogens is 1. The Morgan fingerprint density at radius 1 is 1.58 bits per heavy atom. The lowest BCUT2D eigenvalue weighted by Gasteiger charge is -2.09. The maximum Gasteiger partial charge on any atom is 0.188 e. The molecule has 0 aliphatic carbocycles. The number of hydrogen-bond acceptors (Lipinski definition) is 3. The van der Waals surface area contributed by atoms with E-state index in [4.69, 9.17) is 5.73 Å². The van der Waals surface area contributed by atoms with Gasteiger partial charge in [-0.1, -0.05) is 6.07 Å². The summed E-state index contributed by atoms with van der Waals surface area (Å²) in [5.74, 6) is 1.20. The molecule has 1 aromatic heterocycles. The molecule has 5 nitrogen and oxygen atoms in total. The molecule has 19 heavy (non-hydrogen) atoms. The molecule has 1 aromatic rings. The molecule has 0 aromatic carbocycles. The first-order valence-electron chi connectivity index (χ1n) is 6.86. The first-order chi connectivity index (χ1) is 9.24. The topological polar surface area (TPSA) is 66.5 Å². The molecule has 0 amide bonds. The molecule has 1 saturated heterocycles. The lowest BCUT2D eigenvalue weighted by molar-refractivity contribution is 0.397. The third kappa shape index (κ3) is 4.87. The predicted octanol–water partition coefficient (Wildman–Crippen LogP) is 0.480. The second kappa shape index (κ2) is 7.09. The largest absolute Gasteiger partial charge is 0.370 e. The van der Waals surface area contributed by atoms with Crippen molar-refractivity contribution in [3.63, 3.8) is 0 Å². The van der Waals surface area contributed by atoms with Crippen LogP contribution in [0, 0.1) is 5.92 Å². The molecule has 2 heterocycles. The normalized spacial score (nSPS) is 20.7. The van der Waals surface area contributed by atoms with Crippen LogP contribution in [-0.4, -0.2) is 49.1 Å². The van der Waals surface area contributed by atoms with E-state index in [1.54, 1.807) is 0 Å². The van der Waals surface area contributed by atoms with Crippen LogP contribution in [0.2, 0.25) is 0 Å². The summed E-state index contributed by atoms with van der Waals surface area (Å²) in [5, 5.41) is 3.14. The maximum absolute atomic E-state index is 5.86. The Hall–Kier alpha value is -1.62. The number of likely N-dealkylation sites (tertiary alicyclic amines) is 1. The second-order valence-electron chi connectivity index (χ2n) is 5.14. The first-order valence-corrected chi connectivity index (χ1v) is 6.86. The van der Waals surface area contributed by atoms with Crippen molar-refractivity contribution in [3.8, 4) is 0 Å². The summed E-state index contributed by atoms with van der Waals surface area (Å²) in [6, 6.07) is 5.94. The average molecular weight is 261 g/mol. The molecule has 1 aliphatic rings. The predicted molar refractivity (Wildman–Crippen MR) is 78.0 cm³/mol. The van der Waals surface area contributed by atoms with Crippen LogP contribution in [-0.2, 0) is 6.42 Å². The van der Waals surface area contributed by atoms with Crippen LogP contribution in [0.15, 0.2) is 29.4 Å². The summed E-state index contributed by atoms with van der Waals surface area (Å²) in [7, 11) is 2.15. The number of nitrogens with one attached hydrogen (secondary N) is 1. The van der Waals surface area contributed by atoms with Gasteiger partial charge in [-0.25, -0.2) is 0 Å². The summed E-state index contributed by atoms with van der Waals surface area (Å²) in [6.45, 7) is 3.90. The standard InChI is InChI=1S/C14H23N5/c1-19-9-6-12(11-19)10-18-14(15)17-8-5-13-4-2-3-7-16-13/h2-4,7,12H,5-6,8-11H2,1H3,(H3,15,17,18). The zero-order valence-electron chi connectivity index (χ0n) is 11.5. The number of guanidine groups is 1. The quantitative estimate of drug-likeness (QED) is 0.597. The van der Waals surface area contributed by atoms with Crippen molar-refractivity contribution in [2.45, 2.75) is 12.8 Å². The van der Waals surface area contributed by atoms with Gasteiger partial charge in [-0.15, -0.1) is 0 Å². The van der Waals surface area contributed by atoms with Gasteiger partial charge < -0.3 is 16.0 Å². The highest BCUT2D eigenvalue weighted by Crippen LogP contribution is 2.13. The zero-order valence-corrected chi connectivity index (χ0v) is 11.5. The van der Waals surface area contributed by atoms with E-state index in [1.807, 2.05) is 24.4 Å². The minimum absolute atomic E-state index is 0.547. The monoisotopic (exact) mass is 261 g/mol. The Balaban J connectivity index is 1.65. The van der Waals surface area contributed by atoms with Gasteiger partial charge in [-0.3, -0.25) is 9.98 Å². The van der Waals surface area contributed by atoms with Crippen LogP contribution in [0.5, 0.6) is 0 Å². The summed E-state index contributed by atoms with van der Waals surface area (Å²) in [6.07, 6.45) is 3.90. The summed E-state index contributed by atoms with van der Waals surface area (Å²) in [4.78, 5) is 11.0. The van der Waals surface area contributed by atoms with Crippen molar-refractivity contribution in [2.75, 3.05) is 33.2 Å². The molecule has 1 aliphatic heterocycles. The van der Waals surface area contributed by atoms with Crippen molar-refractivity contribution >= 4 is 5.96 Å². The van der Waals surface area contributed by atoms with E-state index in [-0.39, 0.29) is 0 Å². The highest BCUT2D eigenvalue weighted by Gasteiger charge is 2.18. The fourth-order valence-electron chi connectivity index (χ4n) is 2.32. The van der Waals surface area contributed by atoms with Gasteiger partial charge in [0.05, 0.1) is 0 Å². The molecule has 5 heteroatoms. The Morgan fingerprint density at radius 3 is 3.16 bits per heavy atom. The third-order valence-electron chi connectivity index (χ3n) is 3.42. The lowest BCUT2D eigenvalue weighted by Crippen LogP contribution is -2.34. The Kier molecular flexibility index (Phi) is 5.15. The van der Waals surface area contributed by atoms with Crippen molar-refractivity contribution in [3.05, 3.63) is 30.1 Å². The molecule has 0 bridgehead atoms. The number of hydrogen-bond donors (Lipinski definition) is 2. The van der Waals surface area contributed by atoms with E-state index in [0.717, 1.165) is 31.7 Å². The van der Waals surface area contributed by atoms with Gasteiger partial charge >= 0.3 is 0 Å². The molecule has 0 radical (unpaired) electrons. The smallest absolute Gasteiger partial charge is 0.188 e. The van der Waals surface area contributed by atoms with Crippen LogP contribution in [0.25, 0.3) is 0 Å². The minimum Gasteiger partial charge on any atom is -0.370 e. The number of aliphatic imine (C=N–C) groups is 1. The molecule has 1 fully saturated rings. The van der Waals surface area contributed by atoms with Gasteiger partial charge in [0, 0.05) is 37.9 Å². The van der Waals surface area contributed by atoms with Gasteiger partial charge in [0.1, 0.15) is 0 Å². The van der Waals surface area contributed by atoms with E-state index in [9.17, 15) is 0 Å². The molecule has 1 atom stereocenters. The Bertz CT molecular complexity index is 404. The summed E-state index contributed by atoms with van der Waals surface area (Å²) < 4.78 is 0. The van der Waals surface area contributed by atoms with Crippen LogP contribution < -0.4 is 11.1 Å². The second-order valence-corrected chi connectivity index (χ2v) is 5.14. The molecular formula is C14H23N5. The summed E-state index contributed by atoms with van der Waals surface area (Å²) >= 11 is 0. The van der Waals surface area contributed by atoms with Crippen LogP contribution >= 0.6 is 0 Å². The number of pyridine rings is 1. The molecule has 3 N–H and O–H groups in total. The van der Waals surface area contributed by atoms with Crippen molar-refractivity contribution < 1.29 is 0 Å². The highest BCUT2D eigenvalue weighted by molar-refractivity contribution is 5.77. The van der Waals surface area contributed by atoms with Crippen LogP contribution in [0.1, 0.15) is 12.1 Å². The van der Waals surface area contributed by atoms with Crippen molar-refractivity contribution in [1.29, 1.82) is 0 Å². The molecule has 1 unspecified atom stereocenters.